The number of unbranched alkanes of at least 4 members (excludes halogenated alkanes) is 1. The molecule has 0 bridgehead atoms. The maximum absolute atomic E-state index is 5.07. The minimum Gasteiger partial charge on any atom is -0.412 e. The van der Waals surface area contributed by atoms with Gasteiger partial charge in [-0.05, 0) is 25.9 Å². The van der Waals surface area contributed by atoms with Crippen molar-refractivity contribution in [2.24, 2.45) is 0 Å². The van der Waals surface area contributed by atoms with Gasteiger partial charge in [0, 0.05) is 6.42 Å². The summed E-state index contributed by atoms with van der Waals surface area (Å²) >= 11 is 0. The van der Waals surface area contributed by atoms with Crippen LogP contribution in [0.5, 0.6) is 0 Å². The fraction of sp³-hybridized carbons (Fsp3) is 0.800. The van der Waals surface area contributed by atoms with Crippen LogP contribution in [-0.2, 0) is 0 Å². The van der Waals surface area contributed by atoms with Crippen molar-refractivity contribution in [2.45, 2.75) is 40.0 Å². The molecule has 0 spiro atoms. The maximum atomic E-state index is 5.07. The van der Waals surface area contributed by atoms with Gasteiger partial charge in [-0.2, -0.15) is 0 Å². The summed E-state index contributed by atoms with van der Waals surface area (Å²) in [7, 11) is 0. The molecule has 0 radical (unpaired) electrons. The van der Waals surface area contributed by atoms with Gasteiger partial charge in [-0.1, -0.05) is 20.8 Å². The molecule has 0 aromatic heterocycles. The average Bonchev–Trinajstić information content (AvgIpc) is 2.08. The van der Waals surface area contributed by atoms with Crippen LogP contribution in [0.25, 0.3) is 0 Å². The smallest absolute Gasteiger partial charge is 0.00981 e. The van der Waals surface area contributed by atoms with E-state index < -0.39 is 0 Å². The van der Waals surface area contributed by atoms with E-state index >= 15 is 0 Å². The molecule has 0 atom stereocenters. The first-order chi connectivity index (χ1) is 5.41. The molecular formula is C10H23NO. The summed E-state index contributed by atoms with van der Waals surface area (Å²) < 4.78 is 0. The second kappa shape index (κ2) is 22.4. The van der Waals surface area contributed by atoms with Crippen LogP contribution >= 0.6 is 0 Å². The van der Waals surface area contributed by atoms with Crippen molar-refractivity contribution >= 4 is 0 Å². The normalized spacial score (nSPS) is 7.17. The molecule has 0 fully saturated rings. The summed E-state index contributed by atoms with van der Waals surface area (Å²) in [5, 5.41) is 3.27. The summed E-state index contributed by atoms with van der Waals surface area (Å²) in [5.74, 6) is 2.60. The monoisotopic (exact) mass is 173 g/mol. The van der Waals surface area contributed by atoms with Crippen LogP contribution in [0.3, 0.4) is 0 Å². The molecule has 0 aliphatic rings. The largest absolute Gasteiger partial charge is 0.412 e. The van der Waals surface area contributed by atoms with Crippen molar-refractivity contribution < 1.29 is 5.48 Å². The predicted molar refractivity (Wildman–Crippen MR) is 56.2 cm³/mol. The van der Waals surface area contributed by atoms with E-state index in [2.05, 4.69) is 18.2 Å². The molecule has 2 heteroatoms. The second-order valence-electron chi connectivity index (χ2n) is 2.06. The highest BCUT2D eigenvalue weighted by Gasteiger charge is 1.82. The van der Waals surface area contributed by atoms with E-state index in [0.717, 1.165) is 25.9 Å². The molecule has 0 heterocycles. The molecule has 0 saturated carbocycles. The first-order valence-corrected chi connectivity index (χ1v) is 4.56. The molecule has 0 aliphatic carbocycles. The van der Waals surface area contributed by atoms with Gasteiger partial charge in [0.2, 0.25) is 0 Å². The lowest BCUT2D eigenvalue weighted by Gasteiger charge is -1.97. The van der Waals surface area contributed by atoms with Crippen molar-refractivity contribution in [1.29, 1.82) is 0 Å². The van der Waals surface area contributed by atoms with Crippen LogP contribution in [0.2, 0.25) is 0 Å². The van der Waals surface area contributed by atoms with Crippen LogP contribution in [0.15, 0.2) is 0 Å². The van der Waals surface area contributed by atoms with Crippen LogP contribution in [0.1, 0.15) is 40.0 Å². The van der Waals surface area contributed by atoms with Gasteiger partial charge in [0.25, 0.3) is 0 Å². The molecule has 0 aromatic carbocycles. The van der Waals surface area contributed by atoms with E-state index in [1.54, 1.807) is 0 Å². The van der Waals surface area contributed by atoms with Gasteiger partial charge in [0.1, 0.15) is 0 Å². The Bertz CT molecular complexity index is 86.3. The summed E-state index contributed by atoms with van der Waals surface area (Å²) in [4.78, 5) is 0. The van der Waals surface area contributed by atoms with E-state index in [1.807, 2.05) is 13.8 Å². The zero-order valence-corrected chi connectivity index (χ0v) is 8.61. The highest BCUT2D eigenvalue weighted by Crippen LogP contribution is 1.82. The number of hydrogen-bond donors (Lipinski definition) is 1. The van der Waals surface area contributed by atoms with E-state index in [0.29, 0.717) is 0 Å². The third-order valence-corrected chi connectivity index (χ3v) is 1.10. The van der Waals surface area contributed by atoms with Gasteiger partial charge in [-0.15, -0.1) is 12.3 Å². The van der Waals surface area contributed by atoms with Crippen LogP contribution in [0.4, 0.5) is 0 Å². The highest BCUT2D eigenvalue weighted by molar-refractivity contribution is 4.83. The Labute approximate surface area is 77.1 Å². The first kappa shape index (κ1) is 17.5. The number of hydrogen-bond acceptors (Lipinski definition) is 1. The number of nitrogens with one attached hydrogen (secondary N) is 1. The molecule has 3 N–H and O–H groups in total. The Morgan fingerprint density at radius 3 is 2.25 bits per heavy atom. The molecule has 0 rings (SSSR count). The van der Waals surface area contributed by atoms with Crippen molar-refractivity contribution in [3.63, 3.8) is 0 Å². The molecule has 0 unspecified atom stereocenters. The van der Waals surface area contributed by atoms with E-state index in [9.17, 15) is 0 Å². The van der Waals surface area contributed by atoms with Gasteiger partial charge in [-0.25, -0.2) is 0 Å². The lowest BCUT2D eigenvalue weighted by molar-refractivity contribution is 0.648. The SMILES string of the molecule is C#CCCCNCCC.CC.O. The minimum atomic E-state index is 0. The quantitative estimate of drug-likeness (QED) is 0.498. The van der Waals surface area contributed by atoms with E-state index in [-0.39, 0.29) is 5.48 Å². The fourth-order valence-electron chi connectivity index (χ4n) is 0.617. The minimum absolute atomic E-state index is 0. The molecular weight excluding hydrogens is 150 g/mol. The third kappa shape index (κ3) is 22.7. The lowest BCUT2D eigenvalue weighted by atomic mass is 10.3. The summed E-state index contributed by atoms with van der Waals surface area (Å²) in [6.45, 7) is 8.34. The highest BCUT2D eigenvalue weighted by atomic mass is 16.0. The first-order valence-electron chi connectivity index (χ1n) is 4.56. The lowest BCUT2D eigenvalue weighted by Crippen LogP contribution is -2.15. The molecule has 0 aromatic rings. The third-order valence-electron chi connectivity index (χ3n) is 1.10. The van der Waals surface area contributed by atoms with Crippen molar-refractivity contribution in [2.75, 3.05) is 13.1 Å². The van der Waals surface area contributed by atoms with Crippen LogP contribution in [0, 0.1) is 12.3 Å². The van der Waals surface area contributed by atoms with E-state index in [1.165, 1.54) is 6.42 Å². The molecule has 0 saturated heterocycles. The summed E-state index contributed by atoms with van der Waals surface area (Å²) in [6, 6.07) is 0. The molecule has 0 aliphatic heterocycles. The van der Waals surface area contributed by atoms with Gasteiger partial charge in [0.15, 0.2) is 0 Å². The van der Waals surface area contributed by atoms with Gasteiger partial charge >= 0.3 is 0 Å². The van der Waals surface area contributed by atoms with E-state index in [4.69, 9.17) is 6.42 Å². The Balaban J connectivity index is -0.000000249. The summed E-state index contributed by atoms with van der Waals surface area (Å²) in [5.41, 5.74) is 0. The van der Waals surface area contributed by atoms with Crippen molar-refractivity contribution in [3.05, 3.63) is 0 Å². The average molecular weight is 173 g/mol. The predicted octanol–water partition coefficient (Wildman–Crippen LogP) is 1.60. The Kier molecular flexibility index (Phi) is 32.8. The van der Waals surface area contributed by atoms with Crippen LogP contribution < -0.4 is 5.32 Å². The standard InChI is InChI=1S/C8H15N.C2H6.H2O/c1-3-5-6-8-9-7-4-2;1-2;/h1,9H,4-8H2,2H3;1-2H3;1H2. The molecule has 74 valence electrons. The summed E-state index contributed by atoms with van der Waals surface area (Å²) in [6.07, 6.45) is 8.28. The number of rotatable bonds is 5. The van der Waals surface area contributed by atoms with Gasteiger partial charge in [0.05, 0.1) is 0 Å². The topological polar surface area (TPSA) is 43.5 Å². The fourth-order valence-corrected chi connectivity index (χ4v) is 0.617. The zero-order valence-electron chi connectivity index (χ0n) is 8.61. The van der Waals surface area contributed by atoms with Crippen molar-refractivity contribution in [1.82, 2.24) is 5.32 Å². The zero-order chi connectivity index (χ0) is 8.95. The maximum Gasteiger partial charge on any atom is 0.00981 e. The Morgan fingerprint density at radius 2 is 1.83 bits per heavy atom. The number of terminal acetylenes is 1. The van der Waals surface area contributed by atoms with Crippen LogP contribution in [-0.4, -0.2) is 18.6 Å². The second-order valence-corrected chi connectivity index (χ2v) is 2.06. The van der Waals surface area contributed by atoms with Gasteiger partial charge < -0.3 is 10.8 Å². The molecule has 0 amide bonds. The van der Waals surface area contributed by atoms with Gasteiger partial charge in [-0.3, -0.25) is 0 Å². The Hall–Kier alpha value is -0.520. The molecule has 12 heavy (non-hydrogen) atoms. The molecule has 2 nitrogen and oxygen atoms in total. The van der Waals surface area contributed by atoms with Crippen molar-refractivity contribution in [3.8, 4) is 12.3 Å². The Morgan fingerprint density at radius 1 is 1.25 bits per heavy atom.